The Hall–Kier alpha value is -2.30. The van der Waals surface area contributed by atoms with Gasteiger partial charge in [0.15, 0.2) is 0 Å². The zero-order chi connectivity index (χ0) is 15.4. The lowest BCUT2D eigenvalue weighted by Gasteiger charge is -2.10. The number of aryl methyl sites for hydroxylation is 3. The van der Waals surface area contributed by atoms with E-state index in [1.165, 1.54) is 22.3 Å². The predicted octanol–water partition coefficient (Wildman–Crippen LogP) is 2.17. The van der Waals surface area contributed by atoms with Crippen LogP contribution in [0, 0.1) is 20.8 Å². The standard InChI is InChI=1S/C16H22N4O/c1-11-5-13(3)14(6-12(11)2)7-18-15-8-19-20(9-15)10-16(21)17-4/h5-6,8-9,18H,7,10H2,1-4H3,(H,17,21). The van der Waals surface area contributed by atoms with Gasteiger partial charge in [-0.3, -0.25) is 9.48 Å². The van der Waals surface area contributed by atoms with Crippen molar-refractivity contribution in [2.75, 3.05) is 12.4 Å². The SMILES string of the molecule is CNC(=O)Cn1cc(NCc2cc(C)c(C)cc2C)cn1. The van der Waals surface area contributed by atoms with Crippen LogP contribution in [0.1, 0.15) is 22.3 Å². The molecule has 112 valence electrons. The summed E-state index contributed by atoms with van der Waals surface area (Å²) in [7, 11) is 1.62. The molecular weight excluding hydrogens is 264 g/mol. The number of hydrogen-bond donors (Lipinski definition) is 2. The minimum Gasteiger partial charge on any atom is -0.378 e. The van der Waals surface area contributed by atoms with Gasteiger partial charge in [0.25, 0.3) is 0 Å². The summed E-state index contributed by atoms with van der Waals surface area (Å²) in [5, 5.41) is 10.1. The predicted molar refractivity (Wildman–Crippen MR) is 84.3 cm³/mol. The molecular formula is C16H22N4O. The van der Waals surface area contributed by atoms with Crippen molar-refractivity contribution in [3.05, 3.63) is 46.8 Å². The van der Waals surface area contributed by atoms with Gasteiger partial charge in [0, 0.05) is 19.8 Å². The Balaban J connectivity index is 2.00. The van der Waals surface area contributed by atoms with Gasteiger partial charge in [0.2, 0.25) is 5.91 Å². The maximum absolute atomic E-state index is 11.3. The Morgan fingerprint density at radius 1 is 1.19 bits per heavy atom. The number of carbonyl (C=O) groups is 1. The molecule has 1 amide bonds. The molecule has 1 aromatic carbocycles. The van der Waals surface area contributed by atoms with Crippen LogP contribution in [0.4, 0.5) is 5.69 Å². The maximum Gasteiger partial charge on any atom is 0.241 e. The number of nitrogens with zero attached hydrogens (tertiary/aromatic N) is 2. The fourth-order valence-electron chi connectivity index (χ4n) is 2.18. The number of anilines is 1. The van der Waals surface area contributed by atoms with E-state index in [4.69, 9.17) is 0 Å². The third-order valence-electron chi connectivity index (χ3n) is 3.65. The van der Waals surface area contributed by atoms with Gasteiger partial charge in [-0.05, 0) is 43.0 Å². The second-order valence-corrected chi connectivity index (χ2v) is 5.32. The number of nitrogens with one attached hydrogen (secondary N) is 2. The smallest absolute Gasteiger partial charge is 0.241 e. The number of benzene rings is 1. The molecule has 1 aromatic heterocycles. The highest BCUT2D eigenvalue weighted by Crippen LogP contribution is 2.17. The van der Waals surface area contributed by atoms with Gasteiger partial charge in [-0.1, -0.05) is 12.1 Å². The summed E-state index contributed by atoms with van der Waals surface area (Å²) in [5.41, 5.74) is 6.08. The van der Waals surface area contributed by atoms with Crippen LogP contribution in [0.25, 0.3) is 0 Å². The van der Waals surface area contributed by atoms with Gasteiger partial charge in [-0.25, -0.2) is 0 Å². The molecule has 21 heavy (non-hydrogen) atoms. The monoisotopic (exact) mass is 286 g/mol. The first-order valence-electron chi connectivity index (χ1n) is 7.03. The molecule has 0 fully saturated rings. The molecule has 2 rings (SSSR count). The first-order valence-corrected chi connectivity index (χ1v) is 7.03. The molecule has 0 spiro atoms. The van der Waals surface area contributed by atoms with E-state index in [0.29, 0.717) is 0 Å². The second kappa shape index (κ2) is 6.43. The zero-order valence-corrected chi connectivity index (χ0v) is 13.0. The number of carbonyl (C=O) groups excluding carboxylic acids is 1. The molecule has 0 aliphatic carbocycles. The highest BCUT2D eigenvalue weighted by atomic mass is 16.1. The molecule has 5 heteroatoms. The molecule has 0 saturated heterocycles. The lowest BCUT2D eigenvalue weighted by molar-refractivity contribution is -0.121. The van der Waals surface area contributed by atoms with E-state index in [2.05, 4.69) is 48.6 Å². The minimum atomic E-state index is -0.0605. The molecule has 0 bridgehead atoms. The van der Waals surface area contributed by atoms with Crippen LogP contribution < -0.4 is 10.6 Å². The third kappa shape index (κ3) is 3.84. The number of amides is 1. The average Bonchev–Trinajstić information content (AvgIpc) is 2.88. The van der Waals surface area contributed by atoms with Crippen LogP contribution in [0.5, 0.6) is 0 Å². The topological polar surface area (TPSA) is 59.0 Å². The largest absolute Gasteiger partial charge is 0.378 e. The van der Waals surface area contributed by atoms with E-state index < -0.39 is 0 Å². The zero-order valence-electron chi connectivity index (χ0n) is 13.0. The van der Waals surface area contributed by atoms with Crippen molar-refractivity contribution in [3.63, 3.8) is 0 Å². The van der Waals surface area contributed by atoms with Crippen LogP contribution in [0.2, 0.25) is 0 Å². The first kappa shape index (κ1) is 15.1. The third-order valence-corrected chi connectivity index (χ3v) is 3.65. The van der Waals surface area contributed by atoms with Crippen LogP contribution in [-0.2, 0) is 17.9 Å². The molecule has 1 heterocycles. The van der Waals surface area contributed by atoms with Crippen LogP contribution in [-0.4, -0.2) is 22.7 Å². The molecule has 0 aliphatic heterocycles. The lowest BCUT2D eigenvalue weighted by Crippen LogP contribution is -2.23. The minimum absolute atomic E-state index is 0.0605. The number of rotatable bonds is 5. The van der Waals surface area contributed by atoms with Gasteiger partial charge in [0.05, 0.1) is 11.9 Å². The normalized spacial score (nSPS) is 10.5. The Morgan fingerprint density at radius 3 is 2.62 bits per heavy atom. The maximum atomic E-state index is 11.3. The van der Waals surface area contributed by atoms with Gasteiger partial charge in [-0.2, -0.15) is 5.10 Å². The van der Waals surface area contributed by atoms with Crippen molar-refractivity contribution in [1.82, 2.24) is 15.1 Å². The summed E-state index contributed by atoms with van der Waals surface area (Å²) >= 11 is 0. The summed E-state index contributed by atoms with van der Waals surface area (Å²) in [6.07, 6.45) is 3.57. The number of aromatic nitrogens is 2. The Bertz CT molecular complexity index is 646. The highest BCUT2D eigenvalue weighted by molar-refractivity contribution is 5.75. The van der Waals surface area contributed by atoms with E-state index in [0.717, 1.165) is 12.2 Å². The van der Waals surface area contributed by atoms with E-state index in [1.54, 1.807) is 17.9 Å². The number of hydrogen-bond acceptors (Lipinski definition) is 3. The fourth-order valence-corrected chi connectivity index (χ4v) is 2.18. The van der Waals surface area contributed by atoms with Crippen LogP contribution in [0.15, 0.2) is 24.5 Å². The van der Waals surface area contributed by atoms with E-state index >= 15 is 0 Å². The summed E-state index contributed by atoms with van der Waals surface area (Å²) in [5.74, 6) is -0.0605. The molecule has 0 aliphatic rings. The Morgan fingerprint density at radius 2 is 1.90 bits per heavy atom. The Labute approximate surface area is 125 Å². The van der Waals surface area contributed by atoms with Crippen molar-refractivity contribution in [1.29, 1.82) is 0 Å². The van der Waals surface area contributed by atoms with Crippen molar-refractivity contribution in [2.24, 2.45) is 0 Å². The summed E-state index contributed by atoms with van der Waals surface area (Å²) in [6.45, 7) is 7.36. The summed E-state index contributed by atoms with van der Waals surface area (Å²) in [4.78, 5) is 11.3. The van der Waals surface area contributed by atoms with Gasteiger partial charge >= 0.3 is 0 Å². The van der Waals surface area contributed by atoms with Crippen molar-refractivity contribution in [2.45, 2.75) is 33.9 Å². The van der Waals surface area contributed by atoms with Gasteiger partial charge in [-0.15, -0.1) is 0 Å². The van der Waals surface area contributed by atoms with Crippen molar-refractivity contribution < 1.29 is 4.79 Å². The quantitative estimate of drug-likeness (QED) is 0.885. The average molecular weight is 286 g/mol. The van der Waals surface area contributed by atoms with Gasteiger partial charge < -0.3 is 10.6 Å². The molecule has 0 radical (unpaired) electrons. The Kier molecular flexibility index (Phi) is 4.62. The van der Waals surface area contributed by atoms with Crippen molar-refractivity contribution in [3.8, 4) is 0 Å². The molecule has 5 nitrogen and oxygen atoms in total. The van der Waals surface area contributed by atoms with E-state index in [9.17, 15) is 4.79 Å². The highest BCUT2D eigenvalue weighted by Gasteiger charge is 2.05. The second-order valence-electron chi connectivity index (χ2n) is 5.32. The molecule has 0 saturated carbocycles. The molecule has 2 aromatic rings. The molecule has 0 unspecified atom stereocenters. The van der Waals surface area contributed by atoms with Crippen molar-refractivity contribution >= 4 is 11.6 Å². The summed E-state index contributed by atoms with van der Waals surface area (Å²) < 4.78 is 1.62. The lowest BCUT2D eigenvalue weighted by atomic mass is 10.0. The van der Waals surface area contributed by atoms with E-state index in [1.807, 2.05) is 6.20 Å². The van der Waals surface area contributed by atoms with Gasteiger partial charge in [0.1, 0.15) is 6.54 Å². The van der Waals surface area contributed by atoms with Crippen LogP contribution >= 0.6 is 0 Å². The summed E-state index contributed by atoms with van der Waals surface area (Å²) in [6, 6.07) is 4.42. The molecule has 0 atom stereocenters. The first-order chi connectivity index (χ1) is 9.99. The number of likely N-dealkylation sites (N-methyl/N-ethyl adjacent to an activating group) is 1. The van der Waals surface area contributed by atoms with Crippen LogP contribution in [0.3, 0.4) is 0 Å². The molecule has 2 N–H and O–H groups in total. The fraction of sp³-hybridized carbons (Fsp3) is 0.375. The van der Waals surface area contributed by atoms with E-state index in [-0.39, 0.29) is 12.5 Å².